The van der Waals surface area contributed by atoms with Gasteiger partial charge < -0.3 is 15.2 Å². The Morgan fingerprint density at radius 2 is 2.17 bits per heavy atom. The van der Waals surface area contributed by atoms with Crippen molar-refractivity contribution < 1.29 is 14.6 Å². The van der Waals surface area contributed by atoms with Crippen LogP contribution in [0.15, 0.2) is 0 Å². The van der Waals surface area contributed by atoms with Gasteiger partial charge in [0.15, 0.2) is 0 Å². The molecule has 2 N–H and O–H groups in total. The van der Waals surface area contributed by atoms with Gasteiger partial charge in [0.2, 0.25) is 0 Å². The van der Waals surface area contributed by atoms with Crippen molar-refractivity contribution in [3.05, 3.63) is 0 Å². The van der Waals surface area contributed by atoms with Crippen molar-refractivity contribution in [3.8, 4) is 0 Å². The normalized spacial score (nSPS) is 21.7. The van der Waals surface area contributed by atoms with E-state index in [1.54, 1.807) is 0 Å². The highest BCUT2D eigenvalue weighted by atomic mass is 16.6. The maximum atomic E-state index is 11.6. The second-order valence-electron chi connectivity index (χ2n) is 5.79. The van der Waals surface area contributed by atoms with Crippen LogP contribution in [0, 0.1) is 0 Å². The first-order valence-electron chi connectivity index (χ1n) is 6.74. The highest BCUT2D eigenvalue weighted by molar-refractivity contribution is 5.67. The average Bonchev–Trinajstić information content (AvgIpc) is 2.26. The molecule has 0 bridgehead atoms. The maximum Gasteiger partial charge on any atom is 0.407 e. The van der Waals surface area contributed by atoms with E-state index in [0.29, 0.717) is 19.1 Å². The molecule has 0 radical (unpaired) electrons. The summed E-state index contributed by atoms with van der Waals surface area (Å²) in [6.07, 6.45) is 3.05. The van der Waals surface area contributed by atoms with Gasteiger partial charge >= 0.3 is 6.09 Å². The fourth-order valence-electron chi connectivity index (χ4n) is 2.23. The van der Waals surface area contributed by atoms with E-state index < -0.39 is 5.60 Å². The number of piperidine rings is 1. The van der Waals surface area contributed by atoms with Gasteiger partial charge in [-0.15, -0.1) is 0 Å². The minimum absolute atomic E-state index is 0.170. The van der Waals surface area contributed by atoms with Crippen molar-refractivity contribution in [2.45, 2.75) is 51.7 Å². The number of nitrogens with one attached hydrogen (secondary N) is 1. The number of amides is 1. The molecule has 1 aliphatic heterocycles. The van der Waals surface area contributed by atoms with E-state index in [9.17, 15) is 4.79 Å². The minimum Gasteiger partial charge on any atom is -0.444 e. The highest BCUT2D eigenvalue weighted by Crippen LogP contribution is 2.16. The SMILES string of the molecule is CC(C)(C)OC(=O)NCC1CCCCN1CCO. The molecule has 5 heteroatoms. The van der Waals surface area contributed by atoms with Gasteiger partial charge in [-0.05, 0) is 40.2 Å². The highest BCUT2D eigenvalue weighted by Gasteiger charge is 2.23. The van der Waals surface area contributed by atoms with E-state index in [2.05, 4.69) is 10.2 Å². The first kappa shape index (κ1) is 15.2. The van der Waals surface area contributed by atoms with E-state index in [1.165, 1.54) is 12.8 Å². The lowest BCUT2D eigenvalue weighted by Crippen LogP contribution is -2.48. The van der Waals surface area contributed by atoms with E-state index >= 15 is 0 Å². The van der Waals surface area contributed by atoms with Gasteiger partial charge in [-0.1, -0.05) is 6.42 Å². The van der Waals surface area contributed by atoms with Gasteiger partial charge in [-0.25, -0.2) is 4.79 Å². The molecular weight excluding hydrogens is 232 g/mol. The molecule has 1 heterocycles. The summed E-state index contributed by atoms with van der Waals surface area (Å²) in [6.45, 7) is 8.00. The van der Waals surface area contributed by atoms with Crippen LogP contribution in [0.1, 0.15) is 40.0 Å². The van der Waals surface area contributed by atoms with Crippen molar-refractivity contribution in [1.82, 2.24) is 10.2 Å². The number of carbonyl (C=O) groups excluding carboxylic acids is 1. The van der Waals surface area contributed by atoms with Crippen LogP contribution in [0.2, 0.25) is 0 Å². The van der Waals surface area contributed by atoms with Crippen LogP contribution in [0.25, 0.3) is 0 Å². The van der Waals surface area contributed by atoms with E-state index in [1.807, 2.05) is 20.8 Å². The van der Waals surface area contributed by atoms with Crippen LogP contribution in [0.5, 0.6) is 0 Å². The number of nitrogens with zero attached hydrogens (tertiary/aromatic N) is 1. The molecule has 0 saturated carbocycles. The van der Waals surface area contributed by atoms with Gasteiger partial charge in [0.25, 0.3) is 0 Å². The Balaban J connectivity index is 2.33. The van der Waals surface area contributed by atoms with Gasteiger partial charge in [0, 0.05) is 19.1 Å². The lowest BCUT2D eigenvalue weighted by atomic mass is 10.0. The smallest absolute Gasteiger partial charge is 0.407 e. The summed E-state index contributed by atoms with van der Waals surface area (Å²) in [5, 5.41) is 11.8. The molecule has 1 fully saturated rings. The number of hydrogen-bond acceptors (Lipinski definition) is 4. The van der Waals surface area contributed by atoms with Gasteiger partial charge in [-0.2, -0.15) is 0 Å². The first-order valence-corrected chi connectivity index (χ1v) is 6.74. The Morgan fingerprint density at radius 1 is 1.44 bits per heavy atom. The van der Waals surface area contributed by atoms with E-state index in [-0.39, 0.29) is 12.7 Å². The predicted octanol–water partition coefficient (Wildman–Crippen LogP) is 1.36. The van der Waals surface area contributed by atoms with Crippen molar-refractivity contribution in [2.24, 2.45) is 0 Å². The van der Waals surface area contributed by atoms with Gasteiger partial charge in [0.1, 0.15) is 5.60 Å². The number of ether oxygens (including phenoxy) is 1. The van der Waals surface area contributed by atoms with Crippen molar-refractivity contribution >= 4 is 6.09 Å². The van der Waals surface area contributed by atoms with Crippen molar-refractivity contribution in [1.29, 1.82) is 0 Å². The predicted molar refractivity (Wildman–Crippen MR) is 70.5 cm³/mol. The third-order valence-corrected chi connectivity index (χ3v) is 3.02. The molecule has 1 amide bonds. The Kier molecular flexibility index (Phi) is 5.88. The zero-order valence-corrected chi connectivity index (χ0v) is 11.7. The standard InChI is InChI=1S/C13H26N2O3/c1-13(2,3)18-12(17)14-10-11-6-4-5-7-15(11)8-9-16/h11,16H,4-10H2,1-3H3,(H,14,17). The number of rotatable bonds is 4. The molecule has 106 valence electrons. The lowest BCUT2D eigenvalue weighted by Gasteiger charge is -2.35. The fraction of sp³-hybridized carbons (Fsp3) is 0.923. The molecule has 1 rings (SSSR count). The number of aliphatic hydroxyl groups is 1. The third-order valence-electron chi connectivity index (χ3n) is 3.02. The van der Waals surface area contributed by atoms with E-state index in [4.69, 9.17) is 9.84 Å². The number of likely N-dealkylation sites (tertiary alicyclic amines) is 1. The van der Waals surface area contributed by atoms with Crippen LogP contribution in [-0.4, -0.2) is 54.0 Å². The van der Waals surface area contributed by atoms with Crippen LogP contribution in [0.3, 0.4) is 0 Å². The molecule has 0 aromatic rings. The second-order valence-corrected chi connectivity index (χ2v) is 5.79. The molecule has 5 nitrogen and oxygen atoms in total. The third kappa shape index (κ3) is 5.69. The molecule has 1 saturated heterocycles. The Morgan fingerprint density at radius 3 is 2.78 bits per heavy atom. The first-order chi connectivity index (χ1) is 8.42. The second kappa shape index (κ2) is 6.95. The van der Waals surface area contributed by atoms with Crippen molar-refractivity contribution in [2.75, 3.05) is 26.2 Å². The van der Waals surface area contributed by atoms with E-state index in [0.717, 1.165) is 13.0 Å². The van der Waals surface area contributed by atoms with Crippen molar-refractivity contribution in [3.63, 3.8) is 0 Å². The molecule has 18 heavy (non-hydrogen) atoms. The van der Waals surface area contributed by atoms with Crippen LogP contribution in [-0.2, 0) is 4.74 Å². The zero-order valence-electron chi connectivity index (χ0n) is 11.7. The molecule has 0 aliphatic carbocycles. The number of β-amino-alcohol motifs (C(OH)–C–C–N with tert-alkyl or cyclic N) is 1. The summed E-state index contributed by atoms with van der Waals surface area (Å²) in [7, 11) is 0. The largest absolute Gasteiger partial charge is 0.444 e. The molecule has 1 aliphatic rings. The molecule has 0 aromatic heterocycles. The quantitative estimate of drug-likeness (QED) is 0.799. The molecule has 1 atom stereocenters. The summed E-state index contributed by atoms with van der Waals surface area (Å²) in [6, 6.07) is 0.318. The summed E-state index contributed by atoms with van der Waals surface area (Å²) in [5.41, 5.74) is -0.457. The molecule has 1 unspecified atom stereocenters. The minimum atomic E-state index is -0.457. The fourth-order valence-corrected chi connectivity index (χ4v) is 2.23. The summed E-state index contributed by atoms with van der Waals surface area (Å²) >= 11 is 0. The van der Waals surface area contributed by atoms with Gasteiger partial charge in [-0.3, -0.25) is 4.90 Å². The maximum absolute atomic E-state index is 11.6. The zero-order chi connectivity index (χ0) is 13.6. The Labute approximate surface area is 109 Å². The Bertz CT molecular complexity index is 261. The van der Waals surface area contributed by atoms with Crippen LogP contribution >= 0.6 is 0 Å². The molecular formula is C13H26N2O3. The Hall–Kier alpha value is -0.810. The number of alkyl carbamates (subject to hydrolysis) is 1. The summed E-state index contributed by atoms with van der Waals surface area (Å²) in [5.74, 6) is 0. The number of hydrogen-bond donors (Lipinski definition) is 2. The number of carbonyl (C=O) groups is 1. The monoisotopic (exact) mass is 258 g/mol. The lowest BCUT2D eigenvalue weighted by molar-refractivity contribution is 0.0488. The topological polar surface area (TPSA) is 61.8 Å². The molecule has 0 aromatic carbocycles. The van der Waals surface area contributed by atoms with Gasteiger partial charge in [0.05, 0.1) is 6.61 Å². The van der Waals surface area contributed by atoms with Crippen LogP contribution in [0.4, 0.5) is 4.79 Å². The molecule has 0 spiro atoms. The van der Waals surface area contributed by atoms with Crippen LogP contribution < -0.4 is 5.32 Å². The summed E-state index contributed by atoms with van der Waals surface area (Å²) < 4.78 is 5.21. The summed E-state index contributed by atoms with van der Waals surface area (Å²) in [4.78, 5) is 13.8. The number of aliphatic hydroxyl groups excluding tert-OH is 1. The average molecular weight is 258 g/mol.